The topological polar surface area (TPSA) is 26.3 Å². The van der Waals surface area contributed by atoms with E-state index in [0.29, 0.717) is 23.7 Å². The highest BCUT2D eigenvalue weighted by Crippen LogP contribution is 2.37. The summed E-state index contributed by atoms with van der Waals surface area (Å²) in [7, 11) is 0. The van der Waals surface area contributed by atoms with Gasteiger partial charge in [0.25, 0.3) is 0 Å². The number of carbonyl (C=O) groups is 1. The molecule has 5 atom stereocenters. The van der Waals surface area contributed by atoms with E-state index in [9.17, 15) is 4.79 Å². The predicted octanol–water partition coefficient (Wildman–Crippen LogP) is 2.91. The van der Waals surface area contributed by atoms with E-state index < -0.39 is 0 Å². The first kappa shape index (κ1) is 12.7. The number of hydrogen-bond donors (Lipinski definition) is 0. The van der Waals surface area contributed by atoms with Crippen LogP contribution in [0.1, 0.15) is 41.5 Å². The molecular weight excluding hydrogens is 188 g/mol. The molecule has 1 unspecified atom stereocenters. The summed E-state index contributed by atoms with van der Waals surface area (Å²) in [6, 6.07) is 0. The average Bonchev–Trinajstić information content (AvgIpc) is 2.13. The molecule has 0 radical (unpaired) electrons. The number of ether oxygens (including phenoxy) is 1. The highest BCUT2D eigenvalue weighted by atomic mass is 16.5. The van der Waals surface area contributed by atoms with E-state index in [1.165, 1.54) is 0 Å². The fourth-order valence-corrected chi connectivity index (χ4v) is 2.70. The van der Waals surface area contributed by atoms with Crippen molar-refractivity contribution in [2.75, 3.05) is 0 Å². The summed E-state index contributed by atoms with van der Waals surface area (Å²) in [5, 5.41) is 0. The smallest absolute Gasteiger partial charge is 0.158 e. The Morgan fingerprint density at radius 3 is 2.00 bits per heavy atom. The number of carbonyl (C=O) groups excluding carboxylic acids is 1. The zero-order valence-corrected chi connectivity index (χ0v) is 10.8. The molecule has 0 aromatic heterocycles. The molecular formula is C13H24O2. The fraction of sp³-hybridized carbons (Fsp3) is 0.923. The SMILES string of the molecule is CC(=O)[C@@H]1OC(C(C)C)[C@@H](C)[C@H](C)[C@H]1C. The van der Waals surface area contributed by atoms with Crippen LogP contribution in [0.15, 0.2) is 0 Å². The Balaban J connectivity index is 2.85. The van der Waals surface area contributed by atoms with E-state index in [-0.39, 0.29) is 18.0 Å². The van der Waals surface area contributed by atoms with E-state index in [1.807, 2.05) is 0 Å². The molecule has 0 aromatic carbocycles. The molecule has 2 heteroatoms. The van der Waals surface area contributed by atoms with Gasteiger partial charge >= 0.3 is 0 Å². The molecule has 0 aliphatic carbocycles. The molecule has 2 nitrogen and oxygen atoms in total. The van der Waals surface area contributed by atoms with E-state index in [4.69, 9.17) is 4.74 Å². The molecule has 15 heavy (non-hydrogen) atoms. The molecule has 1 saturated heterocycles. The van der Waals surface area contributed by atoms with Gasteiger partial charge in [0, 0.05) is 0 Å². The van der Waals surface area contributed by atoms with E-state index in [1.54, 1.807) is 6.92 Å². The Kier molecular flexibility index (Phi) is 3.93. The summed E-state index contributed by atoms with van der Waals surface area (Å²) in [5.41, 5.74) is 0. The van der Waals surface area contributed by atoms with Crippen LogP contribution in [0.25, 0.3) is 0 Å². The zero-order valence-electron chi connectivity index (χ0n) is 10.8. The molecule has 1 rings (SSSR count). The van der Waals surface area contributed by atoms with Gasteiger partial charge in [-0.15, -0.1) is 0 Å². The van der Waals surface area contributed by atoms with Crippen molar-refractivity contribution in [2.45, 2.75) is 53.8 Å². The second-order valence-electron chi connectivity index (χ2n) is 5.45. The third kappa shape index (κ3) is 2.41. The van der Waals surface area contributed by atoms with Crippen molar-refractivity contribution in [2.24, 2.45) is 23.7 Å². The van der Waals surface area contributed by atoms with Crippen LogP contribution >= 0.6 is 0 Å². The minimum atomic E-state index is -0.191. The van der Waals surface area contributed by atoms with Gasteiger partial charge in [-0.05, 0) is 30.6 Å². The van der Waals surface area contributed by atoms with Crippen molar-refractivity contribution in [3.05, 3.63) is 0 Å². The molecule has 0 amide bonds. The molecule has 1 aliphatic rings. The van der Waals surface area contributed by atoms with Crippen molar-refractivity contribution in [3.63, 3.8) is 0 Å². The molecule has 1 heterocycles. The number of rotatable bonds is 2. The van der Waals surface area contributed by atoms with Gasteiger partial charge in [-0.25, -0.2) is 0 Å². The second kappa shape index (κ2) is 4.65. The van der Waals surface area contributed by atoms with E-state index in [0.717, 1.165) is 0 Å². The van der Waals surface area contributed by atoms with Crippen LogP contribution in [0.4, 0.5) is 0 Å². The second-order valence-corrected chi connectivity index (χ2v) is 5.45. The third-order valence-corrected chi connectivity index (χ3v) is 4.02. The van der Waals surface area contributed by atoms with Crippen molar-refractivity contribution >= 4 is 5.78 Å². The largest absolute Gasteiger partial charge is 0.366 e. The molecule has 0 spiro atoms. The Morgan fingerprint density at radius 2 is 1.60 bits per heavy atom. The maximum Gasteiger partial charge on any atom is 0.158 e. The van der Waals surface area contributed by atoms with Crippen molar-refractivity contribution in [1.29, 1.82) is 0 Å². The van der Waals surface area contributed by atoms with Crippen molar-refractivity contribution in [3.8, 4) is 0 Å². The highest BCUT2D eigenvalue weighted by molar-refractivity contribution is 5.80. The van der Waals surface area contributed by atoms with Crippen molar-refractivity contribution in [1.82, 2.24) is 0 Å². The molecule has 0 N–H and O–H groups in total. The maximum absolute atomic E-state index is 11.5. The lowest BCUT2D eigenvalue weighted by Gasteiger charge is -2.44. The summed E-state index contributed by atoms with van der Waals surface area (Å²) in [5.74, 6) is 2.09. The van der Waals surface area contributed by atoms with Gasteiger partial charge in [-0.2, -0.15) is 0 Å². The normalized spacial score (nSPS) is 41.9. The van der Waals surface area contributed by atoms with Gasteiger partial charge < -0.3 is 4.74 Å². The molecule has 0 saturated carbocycles. The summed E-state index contributed by atoms with van der Waals surface area (Å²) in [6.07, 6.45) is 0.0358. The quantitative estimate of drug-likeness (QED) is 0.703. The van der Waals surface area contributed by atoms with Crippen LogP contribution in [0.2, 0.25) is 0 Å². The van der Waals surface area contributed by atoms with Gasteiger partial charge in [0.2, 0.25) is 0 Å². The first-order chi connectivity index (χ1) is 6.86. The number of Topliss-reactive ketones (excluding diaryl/α,β-unsaturated/α-hetero) is 1. The summed E-state index contributed by atoms with van der Waals surface area (Å²) < 4.78 is 5.95. The summed E-state index contributed by atoms with van der Waals surface area (Å²) in [4.78, 5) is 11.5. The first-order valence-corrected chi connectivity index (χ1v) is 6.02. The van der Waals surface area contributed by atoms with Gasteiger partial charge in [0.1, 0.15) is 6.10 Å². The van der Waals surface area contributed by atoms with Crippen LogP contribution in [-0.2, 0) is 9.53 Å². The standard InChI is InChI=1S/C13H24O2/c1-7(2)12-9(4)8(3)10(5)13(15-12)11(6)14/h7-10,12-13H,1-6H3/t8-,9-,10+,12?,13+/m0/s1. The minimum absolute atomic E-state index is 0.173. The first-order valence-electron chi connectivity index (χ1n) is 6.02. The fourth-order valence-electron chi connectivity index (χ4n) is 2.70. The van der Waals surface area contributed by atoms with Crippen LogP contribution in [0.3, 0.4) is 0 Å². The van der Waals surface area contributed by atoms with Crippen LogP contribution in [0, 0.1) is 23.7 Å². The number of ketones is 1. The predicted molar refractivity (Wildman–Crippen MR) is 61.7 cm³/mol. The average molecular weight is 212 g/mol. The van der Waals surface area contributed by atoms with E-state index >= 15 is 0 Å². The molecule has 0 bridgehead atoms. The van der Waals surface area contributed by atoms with Gasteiger partial charge in [0.05, 0.1) is 6.10 Å². The maximum atomic E-state index is 11.5. The monoisotopic (exact) mass is 212 g/mol. The minimum Gasteiger partial charge on any atom is -0.366 e. The van der Waals surface area contributed by atoms with Gasteiger partial charge in [0.15, 0.2) is 5.78 Å². The van der Waals surface area contributed by atoms with Crippen LogP contribution < -0.4 is 0 Å². The Bertz CT molecular complexity index is 235. The van der Waals surface area contributed by atoms with Crippen molar-refractivity contribution < 1.29 is 9.53 Å². The zero-order chi connectivity index (χ0) is 11.7. The Morgan fingerprint density at radius 1 is 1.07 bits per heavy atom. The lowest BCUT2D eigenvalue weighted by Crippen LogP contribution is -2.49. The van der Waals surface area contributed by atoms with E-state index in [2.05, 4.69) is 34.6 Å². The van der Waals surface area contributed by atoms with Gasteiger partial charge in [-0.1, -0.05) is 34.6 Å². The molecule has 0 aromatic rings. The highest BCUT2D eigenvalue weighted by Gasteiger charge is 2.41. The van der Waals surface area contributed by atoms with Crippen LogP contribution in [-0.4, -0.2) is 18.0 Å². The van der Waals surface area contributed by atoms with Crippen LogP contribution in [0.5, 0.6) is 0 Å². The lowest BCUT2D eigenvalue weighted by molar-refractivity contribution is -0.166. The molecule has 1 aliphatic heterocycles. The summed E-state index contributed by atoms with van der Waals surface area (Å²) >= 11 is 0. The Labute approximate surface area is 93.4 Å². The number of hydrogen-bond acceptors (Lipinski definition) is 2. The lowest BCUT2D eigenvalue weighted by atomic mass is 9.73. The molecule has 1 fully saturated rings. The molecule has 88 valence electrons. The Hall–Kier alpha value is -0.370. The third-order valence-electron chi connectivity index (χ3n) is 4.02. The summed E-state index contributed by atoms with van der Waals surface area (Å²) in [6.45, 7) is 12.6. The van der Waals surface area contributed by atoms with Gasteiger partial charge in [-0.3, -0.25) is 4.79 Å².